The molecule has 0 aliphatic rings. The molecule has 0 saturated heterocycles. The number of nitrogens with zero attached hydrogens (tertiary/aromatic N) is 4. The first-order valence-corrected chi connectivity index (χ1v) is 6.72. The molecule has 7 nitrogen and oxygen atoms in total. The molecule has 3 rings (SSSR count). The van der Waals surface area contributed by atoms with Gasteiger partial charge in [0, 0.05) is 18.8 Å². The first-order valence-electron chi connectivity index (χ1n) is 6.72. The number of rotatable bonds is 4. The first-order chi connectivity index (χ1) is 10.2. The van der Waals surface area contributed by atoms with Crippen molar-refractivity contribution < 1.29 is 0 Å². The molecule has 7 heteroatoms. The van der Waals surface area contributed by atoms with Gasteiger partial charge >= 0.3 is 5.69 Å². The Labute approximate surface area is 121 Å². The number of fused-ring (bicyclic) bond motifs is 1. The van der Waals surface area contributed by atoms with Gasteiger partial charge in [0.1, 0.15) is 5.82 Å². The monoisotopic (exact) mass is 284 g/mol. The summed E-state index contributed by atoms with van der Waals surface area (Å²) in [5.74, 6) is 0.705. The van der Waals surface area contributed by atoms with Gasteiger partial charge in [-0.2, -0.15) is 9.61 Å². The molecule has 0 fully saturated rings. The van der Waals surface area contributed by atoms with Gasteiger partial charge in [-0.3, -0.25) is 0 Å². The van der Waals surface area contributed by atoms with Gasteiger partial charge in [-0.05, 0) is 30.7 Å². The van der Waals surface area contributed by atoms with E-state index in [4.69, 9.17) is 5.73 Å². The number of para-hydroxylation sites is 1. The van der Waals surface area contributed by atoms with E-state index in [9.17, 15) is 4.79 Å². The summed E-state index contributed by atoms with van der Waals surface area (Å²) in [6, 6.07) is 11.3. The van der Waals surface area contributed by atoms with Gasteiger partial charge in [0.05, 0.1) is 0 Å². The molecule has 1 aromatic carbocycles. The molecule has 0 amide bonds. The van der Waals surface area contributed by atoms with Gasteiger partial charge in [-0.15, -0.1) is 5.10 Å². The number of H-pyrrole nitrogens is 1. The van der Waals surface area contributed by atoms with Crippen LogP contribution in [0.1, 0.15) is 12.5 Å². The van der Waals surface area contributed by atoms with Crippen LogP contribution < -0.4 is 16.3 Å². The zero-order valence-electron chi connectivity index (χ0n) is 11.7. The van der Waals surface area contributed by atoms with Gasteiger partial charge in [0.25, 0.3) is 0 Å². The quantitative estimate of drug-likeness (QED) is 0.698. The number of hydrogen-bond donors (Lipinski definition) is 2. The van der Waals surface area contributed by atoms with Crippen molar-refractivity contribution in [3.8, 4) is 0 Å². The number of nitrogens with one attached hydrogen (secondary N) is 1. The third-order valence-corrected chi connectivity index (χ3v) is 3.38. The third kappa shape index (κ3) is 2.45. The lowest BCUT2D eigenvalue weighted by Crippen LogP contribution is -2.25. The van der Waals surface area contributed by atoms with Crippen molar-refractivity contribution in [2.24, 2.45) is 0 Å². The van der Waals surface area contributed by atoms with E-state index in [1.165, 1.54) is 4.52 Å². The van der Waals surface area contributed by atoms with Crippen LogP contribution in [0.25, 0.3) is 5.65 Å². The molecule has 0 saturated carbocycles. The number of aromatic nitrogens is 4. The fourth-order valence-electron chi connectivity index (χ4n) is 2.20. The molecular formula is C14H16N6O. The zero-order chi connectivity index (χ0) is 14.8. The van der Waals surface area contributed by atoms with Crippen LogP contribution in [-0.4, -0.2) is 26.4 Å². The van der Waals surface area contributed by atoms with Crippen LogP contribution in [0.5, 0.6) is 0 Å². The highest BCUT2D eigenvalue weighted by Gasteiger charge is 2.11. The van der Waals surface area contributed by atoms with Crippen molar-refractivity contribution in [1.82, 2.24) is 19.8 Å². The molecule has 0 unspecified atom stereocenters. The van der Waals surface area contributed by atoms with E-state index in [2.05, 4.69) is 15.3 Å². The zero-order valence-corrected chi connectivity index (χ0v) is 11.7. The van der Waals surface area contributed by atoms with E-state index in [1.54, 1.807) is 6.07 Å². The van der Waals surface area contributed by atoms with Gasteiger partial charge in [-0.1, -0.05) is 18.2 Å². The SMILES string of the molecule is CCN(Cc1ccccc1N)c1ccc2n[nH]c(=O)n2n1. The molecule has 0 bridgehead atoms. The minimum absolute atomic E-state index is 0.345. The molecule has 2 heterocycles. The number of aromatic amines is 1. The van der Waals surface area contributed by atoms with Crippen molar-refractivity contribution in [2.45, 2.75) is 13.5 Å². The Balaban J connectivity index is 1.96. The maximum absolute atomic E-state index is 11.6. The summed E-state index contributed by atoms with van der Waals surface area (Å²) in [5.41, 5.74) is 7.91. The van der Waals surface area contributed by atoms with Crippen molar-refractivity contribution in [3.05, 3.63) is 52.4 Å². The standard InChI is InChI=1S/C14H16N6O/c1-2-19(9-10-5-3-4-6-11(10)15)13-8-7-12-16-17-14(21)20(12)18-13/h3-8H,2,9,15H2,1H3,(H,17,21). The normalized spacial score (nSPS) is 10.9. The molecule has 3 N–H and O–H groups in total. The molecule has 3 aromatic rings. The summed E-state index contributed by atoms with van der Waals surface area (Å²) >= 11 is 0. The van der Waals surface area contributed by atoms with E-state index in [1.807, 2.05) is 42.2 Å². The molecular weight excluding hydrogens is 268 g/mol. The third-order valence-electron chi connectivity index (χ3n) is 3.38. The van der Waals surface area contributed by atoms with E-state index in [-0.39, 0.29) is 5.69 Å². The fourth-order valence-corrected chi connectivity index (χ4v) is 2.20. The second-order valence-electron chi connectivity index (χ2n) is 4.70. The molecule has 0 aliphatic carbocycles. The average Bonchev–Trinajstić information content (AvgIpc) is 2.87. The molecule has 2 aromatic heterocycles. The predicted octanol–water partition coefficient (Wildman–Crippen LogP) is 1.03. The van der Waals surface area contributed by atoms with E-state index in [0.29, 0.717) is 18.0 Å². The number of hydrogen-bond acceptors (Lipinski definition) is 5. The fraction of sp³-hybridized carbons (Fsp3) is 0.214. The summed E-state index contributed by atoms with van der Waals surface area (Å²) in [5, 5.41) is 10.6. The lowest BCUT2D eigenvalue weighted by molar-refractivity contribution is 0.775. The van der Waals surface area contributed by atoms with E-state index >= 15 is 0 Å². The second kappa shape index (κ2) is 5.28. The Hall–Kier alpha value is -2.83. The van der Waals surface area contributed by atoms with Crippen LogP contribution >= 0.6 is 0 Å². The predicted molar refractivity (Wildman–Crippen MR) is 81.2 cm³/mol. The van der Waals surface area contributed by atoms with Gasteiger partial charge in [0.2, 0.25) is 0 Å². The minimum atomic E-state index is -0.345. The Morgan fingerprint density at radius 1 is 1.29 bits per heavy atom. The molecule has 0 atom stereocenters. The number of nitrogen functional groups attached to an aromatic ring is 1. The summed E-state index contributed by atoms with van der Waals surface area (Å²) in [7, 11) is 0. The van der Waals surface area contributed by atoms with E-state index in [0.717, 1.165) is 17.8 Å². The van der Waals surface area contributed by atoms with Crippen molar-refractivity contribution in [1.29, 1.82) is 0 Å². The van der Waals surface area contributed by atoms with Gasteiger partial charge < -0.3 is 10.6 Å². The van der Waals surface area contributed by atoms with Gasteiger partial charge in [0.15, 0.2) is 5.65 Å². The first kappa shape index (κ1) is 13.2. The van der Waals surface area contributed by atoms with Crippen LogP contribution in [0.15, 0.2) is 41.2 Å². The van der Waals surface area contributed by atoms with Crippen LogP contribution in [0.2, 0.25) is 0 Å². The number of anilines is 2. The summed E-state index contributed by atoms with van der Waals surface area (Å²) in [6.45, 7) is 3.41. The highest BCUT2D eigenvalue weighted by atomic mass is 16.2. The molecule has 0 spiro atoms. The van der Waals surface area contributed by atoms with Crippen molar-refractivity contribution >= 4 is 17.2 Å². The molecule has 21 heavy (non-hydrogen) atoms. The Kier molecular flexibility index (Phi) is 3.31. The number of benzene rings is 1. The van der Waals surface area contributed by atoms with Crippen LogP contribution in [0.3, 0.4) is 0 Å². The lowest BCUT2D eigenvalue weighted by atomic mass is 10.1. The maximum Gasteiger partial charge on any atom is 0.364 e. The topological polar surface area (TPSA) is 92.3 Å². The lowest BCUT2D eigenvalue weighted by Gasteiger charge is -2.22. The largest absolute Gasteiger partial charge is 0.398 e. The van der Waals surface area contributed by atoms with Crippen molar-refractivity contribution in [3.63, 3.8) is 0 Å². The summed E-state index contributed by atoms with van der Waals surface area (Å²) in [4.78, 5) is 13.6. The Bertz CT molecular complexity index is 821. The molecule has 108 valence electrons. The van der Waals surface area contributed by atoms with Crippen molar-refractivity contribution in [2.75, 3.05) is 17.2 Å². The smallest absolute Gasteiger partial charge is 0.364 e. The maximum atomic E-state index is 11.6. The summed E-state index contributed by atoms with van der Waals surface area (Å²) < 4.78 is 1.26. The molecule has 0 radical (unpaired) electrons. The van der Waals surface area contributed by atoms with Crippen LogP contribution in [-0.2, 0) is 6.54 Å². The highest BCUT2D eigenvalue weighted by Crippen LogP contribution is 2.18. The van der Waals surface area contributed by atoms with E-state index < -0.39 is 0 Å². The van der Waals surface area contributed by atoms with Gasteiger partial charge in [-0.25, -0.2) is 9.89 Å². The molecule has 0 aliphatic heterocycles. The van der Waals surface area contributed by atoms with Crippen LogP contribution in [0, 0.1) is 0 Å². The minimum Gasteiger partial charge on any atom is -0.398 e. The second-order valence-corrected chi connectivity index (χ2v) is 4.70. The van der Waals surface area contributed by atoms with Crippen LogP contribution in [0.4, 0.5) is 11.5 Å². The Morgan fingerprint density at radius 2 is 2.10 bits per heavy atom. The average molecular weight is 284 g/mol. The number of nitrogens with two attached hydrogens (primary N) is 1. The Morgan fingerprint density at radius 3 is 2.86 bits per heavy atom. The highest BCUT2D eigenvalue weighted by molar-refractivity contribution is 5.50. The summed E-state index contributed by atoms with van der Waals surface area (Å²) in [6.07, 6.45) is 0.